The van der Waals surface area contributed by atoms with Gasteiger partial charge in [-0.2, -0.15) is 39.5 Å². The van der Waals surface area contributed by atoms with Crippen molar-refractivity contribution in [3.63, 3.8) is 0 Å². The molecule has 0 spiro atoms. The van der Waals surface area contributed by atoms with Crippen LogP contribution in [0.25, 0.3) is 0 Å². The van der Waals surface area contributed by atoms with Crippen LogP contribution < -0.4 is 0 Å². The van der Waals surface area contributed by atoms with Gasteiger partial charge in [-0.3, -0.25) is 0 Å². The summed E-state index contributed by atoms with van der Waals surface area (Å²) in [6, 6.07) is 0. The minimum absolute atomic E-state index is 0.216. The van der Waals surface area contributed by atoms with Gasteiger partial charge >= 0.3 is 23.9 Å². The molecule has 0 unspecified atom stereocenters. The molecule has 93 valence electrons. The van der Waals surface area contributed by atoms with E-state index in [2.05, 4.69) is 6.92 Å². The molecule has 0 aliphatic heterocycles. The van der Waals surface area contributed by atoms with Crippen molar-refractivity contribution in [3.05, 3.63) is 6.92 Å². The highest BCUT2D eigenvalue weighted by molar-refractivity contribution is 5.19. The summed E-state index contributed by atoms with van der Waals surface area (Å²) in [7, 11) is 0. The monoisotopic (exact) mass is 257 g/mol. The fourth-order valence-corrected chi connectivity index (χ4v) is 0.565. The highest BCUT2D eigenvalue weighted by atomic mass is 19.4. The molecule has 0 aliphatic carbocycles. The van der Waals surface area contributed by atoms with Crippen LogP contribution in [0.4, 0.5) is 39.5 Å². The zero-order chi connectivity index (χ0) is 13.4. The van der Waals surface area contributed by atoms with E-state index in [9.17, 15) is 39.5 Å². The smallest absolute Gasteiger partial charge is 0.191 e. The first-order chi connectivity index (χ1) is 6.81. The van der Waals surface area contributed by atoms with Gasteiger partial charge in [0.05, 0.1) is 0 Å². The summed E-state index contributed by atoms with van der Waals surface area (Å²) in [6.45, 7) is 2.33. The number of hydrogen-bond acceptors (Lipinski definition) is 0. The molecular weight excluding hydrogens is 255 g/mol. The van der Waals surface area contributed by atoms with Crippen molar-refractivity contribution < 1.29 is 39.5 Å². The van der Waals surface area contributed by atoms with E-state index in [1.165, 1.54) is 0 Å². The first kappa shape index (κ1) is 14.9. The number of alkyl halides is 9. The molecule has 0 atom stereocenters. The van der Waals surface area contributed by atoms with Gasteiger partial charge in [-0.25, -0.2) is 0 Å². The van der Waals surface area contributed by atoms with Crippen LogP contribution in [0.15, 0.2) is 0 Å². The predicted octanol–water partition coefficient (Wildman–Crippen LogP) is 3.29. The third-order valence-electron chi connectivity index (χ3n) is 1.39. The number of rotatable bonds is 2. The van der Waals surface area contributed by atoms with Gasteiger partial charge in [-0.15, -0.1) is 0 Å². The first-order valence-electron chi connectivity index (χ1n) is 3.30. The third-order valence-corrected chi connectivity index (χ3v) is 1.39. The Balaban J connectivity index is 5.58. The fraction of sp³-hybridized carbons (Fsp3) is 0.571. The SMILES string of the molecule is [CH2]C#CC(F)(F)C(F)(F)C(F)(F)C(F)(F)F. The lowest BCUT2D eigenvalue weighted by molar-refractivity contribution is -0.386. The Morgan fingerprint density at radius 2 is 1.06 bits per heavy atom. The average molecular weight is 257 g/mol. The normalized spacial score (nSPS) is 14.4. The zero-order valence-electron chi connectivity index (χ0n) is 7.11. The molecule has 0 nitrogen and oxygen atoms in total. The average Bonchev–Trinajstić information content (AvgIpc) is 2.01. The Hall–Kier alpha value is -1.07. The van der Waals surface area contributed by atoms with Crippen molar-refractivity contribution in [1.82, 2.24) is 0 Å². The zero-order valence-corrected chi connectivity index (χ0v) is 7.11. The molecule has 0 bridgehead atoms. The molecule has 1 radical (unpaired) electrons. The second kappa shape index (κ2) is 3.75. The molecular formula is C7H2F9. The van der Waals surface area contributed by atoms with Crippen molar-refractivity contribution in [1.29, 1.82) is 0 Å². The minimum Gasteiger partial charge on any atom is -0.191 e. The molecule has 0 N–H and O–H groups in total. The second-order valence-corrected chi connectivity index (χ2v) is 2.52. The molecule has 0 amide bonds. The van der Waals surface area contributed by atoms with E-state index in [0.29, 0.717) is 0 Å². The summed E-state index contributed by atoms with van der Waals surface area (Å²) < 4.78 is 108. The molecule has 0 rings (SSSR count). The molecule has 0 saturated carbocycles. The van der Waals surface area contributed by atoms with Crippen LogP contribution >= 0.6 is 0 Å². The maximum absolute atomic E-state index is 12.3. The Morgan fingerprint density at radius 1 is 0.688 bits per heavy atom. The van der Waals surface area contributed by atoms with E-state index in [1.807, 2.05) is 0 Å². The van der Waals surface area contributed by atoms with E-state index in [-0.39, 0.29) is 5.92 Å². The summed E-state index contributed by atoms with van der Waals surface area (Å²) in [4.78, 5) is 0. The van der Waals surface area contributed by atoms with Crippen LogP contribution in [0.1, 0.15) is 0 Å². The molecule has 0 heterocycles. The Morgan fingerprint density at radius 3 is 1.31 bits per heavy atom. The van der Waals surface area contributed by atoms with Crippen molar-refractivity contribution in [3.8, 4) is 11.8 Å². The van der Waals surface area contributed by atoms with E-state index < -0.39 is 23.9 Å². The molecule has 0 saturated heterocycles. The van der Waals surface area contributed by atoms with E-state index in [1.54, 1.807) is 0 Å². The topological polar surface area (TPSA) is 0 Å². The van der Waals surface area contributed by atoms with Crippen molar-refractivity contribution in [2.45, 2.75) is 23.9 Å². The van der Waals surface area contributed by atoms with Gasteiger partial charge in [-0.1, -0.05) is 5.92 Å². The summed E-state index contributed by atoms with van der Waals surface area (Å²) in [6.07, 6.45) is -6.82. The number of halogens is 9. The van der Waals surface area contributed by atoms with Crippen LogP contribution in [0.2, 0.25) is 0 Å². The summed E-state index contributed by atoms with van der Waals surface area (Å²) >= 11 is 0. The Kier molecular flexibility index (Phi) is 3.50. The number of hydrogen-bond donors (Lipinski definition) is 0. The quantitative estimate of drug-likeness (QED) is 0.526. The van der Waals surface area contributed by atoms with Crippen LogP contribution in [0, 0.1) is 18.8 Å². The van der Waals surface area contributed by atoms with Crippen molar-refractivity contribution in [2.75, 3.05) is 0 Å². The summed E-state index contributed by atoms with van der Waals surface area (Å²) in [5.41, 5.74) is 0. The maximum Gasteiger partial charge on any atom is 0.460 e. The first-order valence-corrected chi connectivity index (χ1v) is 3.30. The van der Waals surface area contributed by atoms with Crippen molar-refractivity contribution >= 4 is 0 Å². The minimum atomic E-state index is -6.90. The Labute approximate surface area is 83.4 Å². The van der Waals surface area contributed by atoms with Gasteiger partial charge < -0.3 is 0 Å². The fourth-order valence-electron chi connectivity index (χ4n) is 0.565. The predicted molar refractivity (Wildman–Crippen MR) is 34.0 cm³/mol. The lowest BCUT2D eigenvalue weighted by atomic mass is 10.0. The lowest BCUT2D eigenvalue weighted by Gasteiger charge is -2.30. The molecule has 0 aromatic heterocycles. The standard InChI is InChI=1S/C7H2F9/c1-2-3-4(8,9)5(10,11)6(12,13)7(14,15)16/h1H2. The van der Waals surface area contributed by atoms with Gasteiger partial charge in [0.2, 0.25) is 0 Å². The van der Waals surface area contributed by atoms with Crippen LogP contribution in [-0.2, 0) is 0 Å². The van der Waals surface area contributed by atoms with Gasteiger partial charge in [-0.05, 0) is 5.92 Å². The van der Waals surface area contributed by atoms with Gasteiger partial charge in [0.25, 0.3) is 0 Å². The second-order valence-electron chi connectivity index (χ2n) is 2.52. The van der Waals surface area contributed by atoms with Crippen LogP contribution in [-0.4, -0.2) is 23.9 Å². The summed E-state index contributed by atoms with van der Waals surface area (Å²) in [5.74, 6) is -18.3. The molecule has 0 aromatic rings. The van der Waals surface area contributed by atoms with E-state index in [0.717, 1.165) is 5.92 Å². The molecule has 9 heteroatoms. The Bertz CT molecular complexity index is 313. The highest BCUT2D eigenvalue weighted by Gasteiger charge is 2.81. The third kappa shape index (κ3) is 2.05. The molecule has 16 heavy (non-hydrogen) atoms. The van der Waals surface area contributed by atoms with Crippen LogP contribution in [0.5, 0.6) is 0 Å². The molecule has 0 aliphatic rings. The van der Waals surface area contributed by atoms with Gasteiger partial charge in [0, 0.05) is 6.92 Å². The van der Waals surface area contributed by atoms with E-state index >= 15 is 0 Å². The van der Waals surface area contributed by atoms with Gasteiger partial charge in [0.15, 0.2) is 0 Å². The maximum atomic E-state index is 12.3. The largest absolute Gasteiger partial charge is 0.460 e. The summed E-state index contributed by atoms with van der Waals surface area (Å²) in [5, 5.41) is 0. The van der Waals surface area contributed by atoms with Gasteiger partial charge in [0.1, 0.15) is 0 Å². The van der Waals surface area contributed by atoms with Crippen LogP contribution in [0.3, 0.4) is 0 Å². The lowest BCUT2D eigenvalue weighted by Crippen LogP contribution is -2.60. The highest BCUT2D eigenvalue weighted by Crippen LogP contribution is 2.52. The van der Waals surface area contributed by atoms with Crippen molar-refractivity contribution in [2.24, 2.45) is 0 Å². The molecule has 0 aromatic carbocycles. The molecule has 0 fully saturated rings. The van der Waals surface area contributed by atoms with E-state index in [4.69, 9.17) is 0 Å².